The molecule has 1 fully saturated rings. The van der Waals surface area contributed by atoms with Gasteiger partial charge in [-0.25, -0.2) is 14.8 Å². The van der Waals surface area contributed by atoms with Gasteiger partial charge in [-0.3, -0.25) is 0 Å². The van der Waals surface area contributed by atoms with Gasteiger partial charge in [-0.1, -0.05) is 18.2 Å². The number of ether oxygens (including phenoxy) is 1. The number of esters is 1. The Labute approximate surface area is 128 Å². The van der Waals surface area contributed by atoms with Crippen LogP contribution >= 0.6 is 0 Å². The van der Waals surface area contributed by atoms with Gasteiger partial charge in [0.2, 0.25) is 5.95 Å². The summed E-state index contributed by atoms with van der Waals surface area (Å²) < 4.78 is 5.24. The van der Waals surface area contributed by atoms with E-state index in [1.54, 1.807) is 24.5 Å². The third-order valence-corrected chi connectivity index (χ3v) is 3.96. The Hall–Kier alpha value is -2.69. The van der Waals surface area contributed by atoms with Crippen LogP contribution in [0.1, 0.15) is 24.0 Å². The average Bonchev–Trinajstić information content (AvgIpc) is 3.17. The molecule has 4 rings (SSSR count). The number of para-hydroxylation sites is 1. The van der Waals surface area contributed by atoms with Crippen molar-refractivity contribution in [1.29, 1.82) is 0 Å². The van der Waals surface area contributed by atoms with Crippen molar-refractivity contribution in [2.75, 3.05) is 18.0 Å². The van der Waals surface area contributed by atoms with Crippen LogP contribution < -0.4 is 9.64 Å². The lowest BCUT2D eigenvalue weighted by Gasteiger charge is -2.14. The molecule has 0 spiro atoms. The maximum Gasteiger partial charge on any atom is 0.344 e. The number of anilines is 1. The zero-order valence-corrected chi connectivity index (χ0v) is 12.0. The van der Waals surface area contributed by atoms with Gasteiger partial charge in [0.15, 0.2) is 0 Å². The number of nitrogens with zero attached hydrogens (tertiary/aromatic N) is 3. The molecule has 1 saturated heterocycles. The molecule has 1 aromatic carbocycles. The Morgan fingerprint density at radius 1 is 1.09 bits per heavy atom. The minimum absolute atomic E-state index is 0.329. The van der Waals surface area contributed by atoms with Crippen LogP contribution in [0.25, 0.3) is 11.6 Å². The van der Waals surface area contributed by atoms with E-state index in [9.17, 15) is 4.79 Å². The highest BCUT2D eigenvalue weighted by Gasteiger charge is 2.26. The second kappa shape index (κ2) is 5.26. The molecule has 3 heterocycles. The Kier molecular flexibility index (Phi) is 3.11. The minimum atomic E-state index is -0.329. The van der Waals surface area contributed by atoms with Gasteiger partial charge in [0.25, 0.3) is 0 Å². The molecule has 1 aromatic heterocycles. The predicted molar refractivity (Wildman–Crippen MR) is 83.4 cm³/mol. The summed E-state index contributed by atoms with van der Waals surface area (Å²) in [5.74, 6) is 1.03. The van der Waals surface area contributed by atoms with Crippen LogP contribution in [0.3, 0.4) is 0 Å². The average molecular weight is 293 g/mol. The van der Waals surface area contributed by atoms with Crippen LogP contribution in [0, 0.1) is 0 Å². The molecule has 2 aromatic rings. The van der Waals surface area contributed by atoms with E-state index in [-0.39, 0.29) is 5.97 Å². The molecule has 0 amide bonds. The van der Waals surface area contributed by atoms with Crippen molar-refractivity contribution in [2.45, 2.75) is 12.8 Å². The lowest BCUT2D eigenvalue weighted by molar-refractivity contribution is -0.126. The van der Waals surface area contributed by atoms with Gasteiger partial charge in [-0.05, 0) is 25.0 Å². The Morgan fingerprint density at radius 2 is 1.82 bits per heavy atom. The highest BCUT2D eigenvalue weighted by molar-refractivity contribution is 6.25. The number of fused-ring (bicyclic) bond motifs is 1. The fourth-order valence-corrected chi connectivity index (χ4v) is 2.83. The summed E-state index contributed by atoms with van der Waals surface area (Å²) in [5.41, 5.74) is 2.16. The molecule has 0 N–H and O–H groups in total. The lowest BCUT2D eigenvalue weighted by Crippen LogP contribution is -2.20. The maximum absolute atomic E-state index is 12.0. The molecule has 2 aliphatic rings. The first-order valence-electron chi connectivity index (χ1n) is 7.41. The highest BCUT2D eigenvalue weighted by atomic mass is 16.5. The number of hydrogen-bond acceptors (Lipinski definition) is 5. The van der Waals surface area contributed by atoms with E-state index in [4.69, 9.17) is 4.74 Å². The third kappa shape index (κ3) is 2.24. The molecular weight excluding hydrogens is 278 g/mol. The minimum Gasteiger partial charge on any atom is -0.422 e. The summed E-state index contributed by atoms with van der Waals surface area (Å²) in [4.78, 5) is 23.0. The van der Waals surface area contributed by atoms with E-state index < -0.39 is 0 Å². The van der Waals surface area contributed by atoms with Crippen LogP contribution in [0.4, 0.5) is 5.95 Å². The van der Waals surface area contributed by atoms with Crippen LogP contribution in [0.5, 0.6) is 5.75 Å². The van der Waals surface area contributed by atoms with Gasteiger partial charge < -0.3 is 9.64 Å². The SMILES string of the molecule is O=C1Oc2ccccc2/C1=C/c1cnc(N2CCCC2)nc1. The smallest absolute Gasteiger partial charge is 0.344 e. The van der Waals surface area contributed by atoms with E-state index in [2.05, 4.69) is 14.9 Å². The first-order valence-corrected chi connectivity index (χ1v) is 7.41. The summed E-state index contributed by atoms with van der Waals surface area (Å²) in [6.07, 6.45) is 7.67. The molecule has 0 unspecified atom stereocenters. The molecule has 22 heavy (non-hydrogen) atoms. The summed E-state index contributed by atoms with van der Waals surface area (Å²) in [6.45, 7) is 2.03. The first-order chi connectivity index (χ1) is 10.8. The third-order valence-electron chi connectivity index (χ3n) is 3.96. The van der Waals surface area contributed by atoms with E-state index >= 15 is 0 Å². The van der Waals surface area contributed by atoms with Gasteiger partial charge in [0.1, 0.15) is 5.75 Å². The molecule has 0 aliphatic carbocycles. The van der Waals surface area contributed by atoms with Gasteiger partial charge in [0.05, 0.1) is 5.57 Å². The standard InChI is InChI=1S/C17H15N3O2/c21-16-14(13-5-1-2-6-15(13)22-16)9-12-10-18-17(19-11-12)20-7-3-4-8-20/h1-2,5-6,9-11H,3-4,7-8H2/b14-9-. The number of hydrogen-bond donors (Lipinski definition) is 0. The van der Waals surface area contributed by atoms with Crippen LogP contribution in [-0.4, -0.2) is 29.0 Å². The summed E-state index contributed by atoms with van der Waals surface area (Å²) in [6, 6.07) is 7.41. The van der Waals surface area contributed by atoms with Crippen molar-refractivity contribution < 1.29 is 9.53 Å². The number of benzene rings is 1. The van der Waals surface area contributed by atoms with Crippen molar-refractivity contribution in [2.24, 2.45) is 0 Å². The molecule has 5 heteroatoms. The summed E-state index contributed by atoms with van der Waals surface area (Å²) in [7, 11) is 0. The van der Waals surface area contributed by atoms with E-state index in [0.717, 1.165) is 30.2 Å². The Balaban J connectivity index is 1.64. The lowest BCUT2D eigenvalue weighted by atomic mass is 10.1. The molecule has 0 bridgehead atoms. The van der Waals surface area contributed by atoms with Gasteiger partial charge in [-0.2, -0.15) is 0 Å². The fraction of sp³-hybridized carbons (Fsp3) is 0.235. The number of carbonyl (C=O) groups excluding carboxylic acids is 1. The van der Waals surface area contributed by atoms with Crippen LogP contribution in [-0.2, 0) is 4.79 Å². The molecule has 0 saturated carbocycles. The predicted octanol–water partition coefficient (Wildman–Crippen LogP) is 2.54. The van der Waals surface area contributed by atoms with Crippen LogP contribution in [0.15, 0.2) is 36.7 Å². The van der Waals surface area contributed by atoms with E-state index in [1.807, 2.05) is 18.2 Å². The fourth-order valence-electron chi connectivity index (χ4n) is 2.83. The second-order valence-electron chi connectivity index (χ2n) is 5.45. The van der Waals surface area contributed by atoms with Crippen molar-refractivity contribution in [3.8, 4) is 5.75 Å². The number of rotatable bonds is 2. The topological polar surface area (TPSA) is 55.3 Å². The second-order valence-corrected chi connectivity index (χ2v) is 5.45. The van der Waals surface area contributed by atoms with Gasteiger partial charge in [-0.15, -0.1) is 0 Å². The largest absolute Gasteiger partial charge is 0.422 e. The molecule has 110 valence electrons. The van der Waals surface area contributed by atoms with Crippen molar-refractivity contribution >= 4 is 23.6 Å². The van der Waals surface area contributed by atoms with Crippen molar-refractivity contribution in [1.82, 2.24) is 9.97 Å². The summed E-state index contributed by atoms with van der Waals surface area (Å²) >= 11 is 0. The van der Waals surface area contributed by atoms with E-state index in [1.165, 1.54) is 12.8 Å². The normalized spacial score (nSPS) is 18.6. The number of carbonyl (C=O) groups is 1. The summed E-state index contributed by atoms with van der Waals surface area (Å²) in [5, 5.41) is 0. The zero-order valence-electron chi connectivity index (χ0n) is 12.0. The van der Waals surface area contributed by atoms with Crippen LogP contribution in [0.2, 0.25) is 0 Å². The molecule has 0 radical (unpaired) electrons. The first kappa shape index (κ1) is 13.0. The number of aromatic nitrogens is 2. The maximum atomic E-state index is 12.0. The highest BCUT2D eigenvalue weighted by Crippen LogP contribution is 2.34. The van der Waals surface area contributed by atoms with Crippen molar-refractivity contribution in [3.05, 3.63) is 47.8 Å². The quantitative estimate of drug-likeness (QED) is 0.484. The van der Waals surface area contributed by atoms with Crippen molar-refractivity contribution in [3.63, 3.8) is 0 Å². The molecule has 2 aliphatic heterocycles. The van der Waals surface area contributed by atoms with Gasteiger partial charge in [0, 0.05) is 36.6 Å². The molecule has 5 nitrogen and oxygen atoms in total. The Morgan fingerprint density at radius 3 is 2.59 bits per heavy atom. The van der Waals surface area contributed by atoms with E-state index in [0.29, 0.717) is 11.3 Å². The molecule has 0 atom stereocenters. The zero-order chi connectivity index (χ0) is 14.9. The van der Waals surface area contributed by atoms with Gasteiger partial charge >= 0.3 is 5.97 Å². The molecular formula is C17H15N3O2. The Bertz CT molecular complexity index is 747. The monoisotopic (exact) mass is 293 g/mol.